The average Bonchev–Trinajstić information content (AvgIpc) is 3.08. The van der Waals surface area contributed by atoms with Crippen molar-refractivity contribution >= 4 is 28.4 Å². The Kier molecular flexibility index (Phi) is 4.96. The topological polar surface area (TPSA) is 56.9 Å². The Morgan fingerprint density at radius 3 is 2.81 bits per heavy atom. The van der Waals surface area contributed by atoms with Crippen LogP contribution >= 0.6 is 11.6 Å². The van der Waals surface area contributed by atoms with E-state index in [4.69, 9.17) is 11.6 Å². The van der Waals surface area contributed by atoms with Crippen molar-refractivity contribution in [2.75, 3.05) is 6.54 Å². The van der Waals surface area contributed by atoms with Crippen LogP contribution in [0.5, 0.6) is 0 Å². The summed E-state index contributed by atoms with van der Waals surface area (Å²) in [7, 11) is 0. The van der Waals surface area contributed by atoms with Gasteiger partial charge >= 0.3 is 0 Å². The molecule has 0 unspecified atom stereocenters. The molecule has 3 N–H and O–H groups in total. The Bertz CT molecular complexity index is 903. The molecular formula is C21H22ClN3O. The van der Waals surface area contributed by atoms with Gasteiger partial charge in [-0.25, -0.2) is 0 Å². The van der Waals surface area contributed by atoms with E-state index < -0.39 is 0 Å². The number of hydrogen-bond donors (Lipinski definition) is 3. The summed E-state index contributed by atoms with van der Waals surface area (Å²) in [5.74, 6) is -0.000377. The fourth-order valence-corrected chi connectivity index (χ4v) is 3.85. The van der Waals surface area contributed by atoms with Crippen LogP contribution in [0.2, 0.25) is 5.02 Å². The molecule has 2 atom stereocenters. The Morgan fingerprint density at radius 1 is 1.15 bits per heavy atom. The lowest BCUT2D eigenvalue weighted by molar-refractivity contribution is 0.0926. The maximum absolute atomic E-state index is 12.7. The van der Waals surface area contributed by atoms with E-state index >= 15 is 0 Å². The minimum absolute atomic E-state index is 0.000377. The summed E-state index contributed by atoms with van der Waals surface area (Å²) in [6, 6.07) is 16.4. The summed E-state index contributed by atoms with van der Waals surface area (Å²) in [5.41, 5.74) is 2.97. The molecule has 1 fully saturated rings. The molecule has 0 aliphatic carbocycles. The lowest BCUT2D eigenvalue weighted by atomic mass is 9.94. The number of rotatable bonds is 4. The summed E-state index contributed by atoms with van der Waals surface area (Å²) in [4.78, 5) is 15.9. The molecule has 2 aromatic carbocycles. The van der Waals surface area contributed by atoms with Gasteiger partial charge in [0.05, 0.1) is 5.56 Å². The molecule has 0 radical (unpaired) electrons. The van der Waals surface area contributed by atoms with E-state index in [0.29, 0.717) is 11.6 Å². The molecule has 1 aromatic heterocycles. The molecule has 0 saturated carbocycles. The van der Waals surface area contributed by atoms with Crippen LogP contribution in [0.4, 0.5) is 0 Å². The summed E-state index contributed by atoms with van der Waals surface area (Å²) in [6.07, 6.45) is 4.62. The third kappa shape index (κ3) is 3.76. The van der Waals surface area contributed by atoms with Gasteiger partial charge in [-0.3, -0.25) is 4.79 Å². The van der Waals surface area contributed by atoms with Crippen LogP contribution in [-0.4, -0.2) is 29.5 Å². The fourth-order valence-electron chi connectivity index (χ4n) is 3.72. The Hall–Kier alpha value is -2.30. The van der Waals surface area contributed by atoms with E-state index in [1.165, 1.54) is 5.56 Å². The standard InChI is InChI=1S/C21H22ClN3O/c22-15-7-5-14(6-8-15)11-17-12-16(9-10-23-17)25-21(26)19-13-24-20-4-2-1-3-18(19)20/h1-8,13,16-17,23-24H,9-12H2,(H,25,26)/t16-,17+/m0/s1. The maximum Gasteiger partial charge on any atom is 0.253 e. The van der Waals surface area contributed by atoms with Crippen LogP contribution in [0, 0.1) is 0 Å². The number of piperidine rings is 1. The van der Waals surface area contributed by atoms with Crippen molar-refractivity contribution in [1.82, 2.24) is 15.6 Å². The predicted molar refractivity (Wildman–Crippen MR) is 106 cm³/mol. The first-order chi connectivity index (χ1) is 12.7. The zero-order valence-corrected chi connectivity index (χ0v) is 15.2. The number of benzene rings is 2. The van der Waals surface area contributed by atoms with Crippen LogP contribution in [0.25, 0.3) is 10.9 Å². The van der Waals surface area contributed by atoms with Crippen molar-refractivity contribution in [2.45, 2.75) is 31.3 Å². The highest BCUT2D eigenvalue weighted by molar-refractivity contribution is 6.30. The number of aromatic nitrogens is 1. The van der Waals surface area contributed by atoms with E-state index in [2.05, 4.69) is 27.8 Å². The first-order valence-corrected chi connectivity index (χ1v) is 9.41. The number of H-pyrrole nitrogens is 1. The van der Waals surface area contributed by atoms with Crippen molar-refractivity contribution in [3.05, 3.63) is 70.9 Å². The number of carbonyl (C=O) groups excluding carboxylic acids is 1. The molecular weight excluding hydrogens is 346 g/mol. The quantitative estimate of drug-likeness (QED) is 0.654. The lowest BCUT2D eigenvalue weighted by Crippen LogP contribution is -2.48. The predicted octanol–water partition coefficient (Wildman–Crippen LogP) is 3.91. The second-order valence-electron chi connectivity index (χ2n) is 6.92. The molecule has 5 heteroatoms. The van der Waals surface area contributed by atoms with Gasteiger partial charge in [0.25, 0.3) is 5.91 Å². The number of aromatic amines is 1. The van der Waals surface area contributed by atoms with Gasteiger partial charge in [0, 0.05) is 34.2 Å². The average molecular weight is 368 g/mol. The molecule has 2 heterocycles. The summed E-state index contributed by atoms with van der Waals surface area (Å²) in [5, 5.41) is 8.51. The van der Waals surface area contributed by atoms with Crippen molar-refractivity contribution in [1.29, 1.82) is 0 Å². The normalized spacial score (nSPS) is 20.2. The highest BCUT2D eigenvalue weighted by atomic mass is 35.5. The molecule has 26 heavy (non-hydrogen) atoms. The van der Waals surface area contributed by atoms with Crippen molar-refractivity contribution in [2.24, 2.45) is 0 Å². The first kappa shape index (κ1) is 17.1. The molecule has 0 bridgehead atoms. The molecule has 1 amide bonds. The lowest BCUT2D eigenvalue weighted by Gasteiger charge is -2.31. The SMILES string of the molecule is O=C(N[C@H]1CCN[C@H](Cc2ccc(Cl)cc2)C1)c1c[nH]c2ccccc12. The minimum atomic E-state index is -0.000377. The van der Waals surface area contributed by atoms with Gasteiger partial charge in [0.1, 0.15) is 0 Å². The van der Waals surface area contributed by atoms with Crippen molar-refractivity contribution < 1.29 is 4.79 Å². The van der Waals surface area contributed by atoms with Crippen LogP contribution in [-0.2, 0) is 6.42 Å². The second kappa shape index (κ2) is 7.52. The monoisotopic (exact) mass is 367 g/mol. The van der Waals surface area contributed by atoms with Gasteiger partial charge in [-0.2, -0.15) is 0 Å². The third-order valence-corrected chi connectivity index (χ3v) is 5.31. The number of hydrogen-bond acceptors (Lipinski definition) is 2. The minimum Gasteiger partial charge on any atom is -0.360 e. The largest absolute Gasteiger partial charge is 0.360 e. The maximum atomic E-state index is 12.7. The van der Waals surface area contributed by atoms with Gasteiger partial charge < -0.3 is 15.6 Å². The Balaban J connectivity index is 1.40. The Morgan fingerprint density at radius 2 is 1.96 bits per heavy atom. The van der Waals surface area contributed by atoms with E-state index in [9.17, 15) is 4.79 Å². The van der Waals surface area contributed by atoms with E-state index in [0.717, 1.165) is 41.7 Å². The van der Waals surface area contributed by atoms with Gasteiger partial charge in [0.2, 0.25) is 0 Å². The summed E-state index contributed by atoms with van der Waals surface area (Å²) in [6.45, 7) is 0.914. The van der Waals surface area contributed by atoms with E-state index in [1.807, 2.05) is 36.4 Å². The number of fused-ring (bicyclic) bond motifs is 1. The smallest absolute Gasteiger partial charge is 0.253 e. The summed E-state index contributed by atoms with van der Waals surface area (Å²) >= 11 is 5.96. The van der Waals surface area contributed by atoms with Crippen LogP contribution < -0.4 is 10.6 Å². The zero-order chi connectivity index (χ0) is 17.9. The molecule has 1 aliphatic heterocycles. The molecule has 0 spiro atoms. The highest BCUT2D eigenvalue weighted by Gasteiger charge is 2.24. The van der Waals surface area contributed by atoms with Gasteiger partial charge in [0.15, 0.2) is 0 Å². The van der Waals surface area contributed by atoms with E-state index in [-0.39, 0.29) is 11.9 Å². The first-order valence-electron chi connectivity index (χ1n) is 9.04. The molecule has 1 saturated heterocycles. The number of amides is 1. The molecule has 4 rings (SSSR count). The fraction of sp³-hybridized carbons (Fsp3) is 0.286. The van der Waals surface area contributed by atoms with Gasteiger partial charge in [-0.15, -0.1) is 0 Å². The molecule has 134 valence electrons. The number of nitrogens with one attached hydrogen (secondary N) is 3. The van der Waals surface area contributed by atoms with Gasteiger partial charge in [-0.05, 0) is 49.6 Å². The number of para-hydroxylation sites is 1. The Labute approximate surface area is 157 Å². The molecule has 1 aliphatic rings. The third-order valence-electron chi connectivity index (χ3n) is 5.06. The summed E-state index contributed by atoms with van der Waals surface area (Å²) < 4.78 is 0. The van der Waals surface area contributed by atoms with Gasteiger partial charge in [-0.1, -0.05) is 41.9 Å². The zero-order valence-electron chi connectivity index (χ0n) is 14.5. The number of halogens is 1. The van der Waals surface area contributed by atoms with Crippen LogP contribution in [0.1, 0.15) is 28.8 Å². The molecule has 4 nitrogen and oxygen atoms in total. The number of carbonyl (C=O) groups is 1. The van der Waals surface area contributed by atoms with Crippen LogP contribution in [0.15, 0.2) is 54.7 Å². The molecule has 3 aromatic rings. The van der Waals surface area contributed by atoms with E-state index in [1.54, 1.807) is 6.20 Å². The van der Waals surface area contributed by atoms with Crippen molar-refractivity contribution in [3.8, 4) is 0 Å². The highest BCUT2D eigenvalue weighted by Crippen LogP contribution is 2.20. The van der Waals surface area contributed by atoms with Crippen LogP contribution in [0.3, 0.4) is 0 Å². The second-order valence-corrected chi connectivity index (χ2v) is 7.36. The van der Waals surface area contributed by atoms with Crippen molar-refractivity contribution in [3.63, 3.8) is 0 Å².